The summed E-state index contributed by atoms with van der Waals surface area (Å²) in [6, 6.07) is 15.1. The third-order valence-electron chi connectivity index (χ3n) is 7.38. The number of hydrogen-bond donors (Lipinski definition) is 1. The van der Waals surface area contributed by atoms with E-state index >= 15 is 0 Å². The second-order valence-electron chi connectivity index (χ2n) is 10.5. The Labute approximate surface area is 208 Å². The van der Waals surface area contributed by atoms with Crippen LogP contribution in [0.3, 0.4) is 0 Å². The van der Waals surface area contributed by atoms with Gasteiger partial charge in [0.25, 0.3) is 5.91 Å². The van der Waals surface area contributed by atoms with Crippen LogP contribution in [-0.4, -0.2) is 34.8 Å². The zero-order valence-corrected chi connectivity index (χ0v) is 21.3. The summed E-state index contributed by atoms with van der Waals surface area (Å²) in [5.74, 6) is -0.145. The molecule has 4 rings (SSSR count). The average molecular weight is 476 g/mol. The molecule has 1 saturated carbocycles. The number of amides is 4. The molecule has 0 unspecified atom stereocenters. The minimum absolute atomic E-state index is 0.224. The molecule has 1 heterocycles. The molecule has 0 radical (unpaired) electrons. The van der Waals surface area contributed by atoms with Gasteiger partial charge in [0.05, 0.1) is 0 Å². The summed E-state index contributed by atoms with van der Waals surface area (Å²) in [6.07, 6.45) is 5.13. The number of imide groups is 1. The number of nitrogens with zero attached hydrogens (tertiary/aromatic N) is 2. The molecule has 4 amide bonds. The van der Waals surface area contributed by atoms with Gasteiger partial charge >= 0.3 is 6.03 Å². The van der Waals surface area contributed by atoms with E-state index in [1.807, 2.05) is 48.5 Å². The van der Waals surface area contributed by atoms with Gasteiger partial charge in [0.15, 0.2) is 0 Å². The molecule has 1 saturated heterocycles. The Kier molecular flexibility index (Phi) is 7.29. The van der Waals surface area contributed by atoms with Crippen molar-refractivity contribution in [2.45, 2.75) is 83.6 Å². The number of rotatable bonds is 6. The fourth-order valence-corrected chi connectivity index (χ4v) is 5.58. The van der Waals surface area contributed by atoms with Crippen molar-refractivity contribution < 1.29 is 14.4 Å². The quantitative estimate of drug-likeness (QED) is 0.489. The molecule has 35 heavy (non-hydrogen) atoms. The first-order valence-electron chi connectivity index (χ1n) is 12.9. The van der Waals surface area contributed by atoms with Crippen molar-refractivity contribution in [3.05, 3.63) is 59.7 Å². The van der Waals surface area contributed by atoms with Gasteiger partial charge in [-0.1, -0.05) is 89.8 Å². The molecular weight excluding hydrogens is 438 g/mol. The van der Waals surface area contributed by atoms with Crippen molar-refractivity contribution >= 4 is 29.2 Å². The van der Waals surface area contributed by atoms with Crippen molar-refractivity contribution in [3.8, 4) is 0 Å². The van der Waals surface area contributed by atoms with Gasteiger partial charge in [-0.05, 0) is 47.9 Å². The number of urea groups is 1. The predicted octanol–water partition coefficient (Wildman–Crippen LogP) is 6.43. The van der Waals surface area contributed by atoms with Crippen LogP contribution in [0.2, 0.25) is 0 Å². The maximum atomic E-state index is 13.9. The first-order valence-corrected chi connectivity index (χ1v) is 12.9. The lowest BCUT2D eigenvalue weighted by Gasteiger charge is -2.34. The van der Waals surface area contributed by atoms with Gasteiger partial charge in [0.1, 0.15) is 12.1 Å². The number of benzene rings is 2. The van der Waals surface area contributed by atoms with Crippen molar-refractivity contribution in [1.82, 2.24) is 4.90 Å². The van der Waals surface area contributed by atoms with Crippen LogP contribution in [0, 0.1) is 0 Å². The zero-order valence-electron chi connectivity index (χ0n) is 21.3. The molecule has 2 aromatic carbocycles. The summed E-state index contributed by atoms with van der Waals surface area (Å²) in [4.78, 5) is 43.7. The molecule has 0 bridgehead atoms. The van der Waals surface area contributed by atoms with E-state index in [0.29, 0.717) is 18.5 Å². The largest absolute Gasteiger partial charge is 0.332 e. The van der Waals surface area contributed by atoms with Crippen molar-refractivity contribution in [2.24, 2.45) is 0 Å². The van der Waals surface area contributed by atoms with Crippen LogP contribution >= 0.6 is 0 Å². The van der Waals surface area contributed by atoms with E-state index in [9.17, 15) is 14.4 Å². The van der Waals surface area contributed by atoms with Crippen LogP contribution in [0.25, 0.3) is 0 Å². The molecule has 1 aliphatic carbocycles. The molecule has 2 aliphatic rings. The van der Waals surface area contributed by atoms with Crippen LogP contribution in [-0.2, 0) is 9.59 Å². The van der Waals surface area contributed by atoms with Crippen LogP contribution in [0.1, 0.15) is 89.2 Å². The normalized spacial score (nSPS) is 18.0. The van der Waals surface area contributed by atoms with E-state index in [0.717, 1.165) is 42.5 Å². The second kappa shape index (κ2) is 10.2. The standard InChI is InChI=1S/C29H37N3O3/c1-20(2)23-15-12-16-24(21(3)4)26(23)30-25(33)19-31-27(34)29(17-10-5-6-11-18-29)32(28(31)35)22-13-8-7-9-14-22/h7-9,12-16,20-21H,5-6,10-11,17-19H2,1-4H3,(H,30,33). The number of carbonyl (C=O) groups is 3. The summed E-state index contributed by atoms with van der Waals surface area (Å²) >= 11 is 0. The second-order valence-corrected chi connectivity index (χ2v) is 10.5. The highest BCUT2D eigenvalue weighted by Gasteiger charge is 2.57. The summed E-state index contributed by atoms with van der Waals surface area (Å²) in [7, 11) is 0. The van der Waals surface area contributed by atoms with Gasteiger partial charge in [-0.2, -0.15) is 0 Å². The molecule has 186 valence electrons. The van der Waals surface area contributed by atoms with Gasteiger partial charge in [-0.3, -0.25) is 19.4 Å². The lowest BCUT2D eigenvalue weighted by atomic mass is 9.88. The maximum Gasteiger partial charge on any atom is 0.332 e. The molecular formula is C29H37N3O3. The summed E-state index contributed by atoms with van der Waals surface area (Å²) < 4.78 is 0. The third kappa shape index (κ3) is 4.71. The SMILES string of the molecule is CC(C)c1cccc(C(C)C)c1NC(=O)CN1C(=O)N(c2ccccc2)C2(CCCCCC2)C1=O. The van der Waals surface area contributed by atoms with Crippen LogP contribution < -0.4 is 10.2 Å². The van der Waals surface area contributed by atoms with E-state index in [2.05, 4.69) is 33.0 Å². The summed E-state index contributed by atoms with van der Waals surface area (Å²) in [6.45, 7) is 8.09. The Balaban J connectivity index is 1.64. The first kappa shape index (κ1) is 25.0. The van der Waals surface area contributed by atoms with E-state index < -0.39 is 11.6 Å². The van der Waals surface area contributed by atoms with Crippen molar-refractivity contribution in [1.29, 1.82) is 0 Å². The van der Waals surface area contributed by atoms with E-state index in [1.165, 1.54) is 4.90 Å². The Bertz CT molecular complexity index is 1060. The molecule has 1 spiro atoms. The molecule has 0 aromatic heterocycles. The molecule has 1 N–H and O–H groups in total. The summed E-state index contributed by atoms with van der Waals surface area (Å²) in [5, 5.41) is 3.06. The first-order chi connectivity index (χ1) is 16.8. The minimum atomic E-state index is -0.909. The molecule has 0 atom stereocenters. The predicted molar refractivity (Wildman–Crippen MR) is 140 cm³/mol. The molecule has 6 heteroatoms. The zero-order chi connectivity index (χ0) is 25.2. The number of anilines is 2. The van der Waals surface area contributed by atoms with Gasteiger partial charge in [-0.25, -0.2) is 4.79 Å². The molecule has 2 aromatic rings. The molecule has 6 nitrogen and oxygen atoms in total. The average Bonchev–Trinajstić information content (AvgIpc) is 2.99. The van der Waals surface area contributed by atoms with Crippen molar-refractivity contribution in [2.75, 3.05) is 16.8 Å². The Hall–Kier alpha value is -3.15. The Morgan fingerprint density at radius 3 is 1.97 bits per heavy atom. The van der Waals surface area contributed by atoms with Crippen LogP contribution in [0.4, 0.5) is 16.2 Å². The third-order valence-corrected chi connectivity index (χ3v) is 7.38. The Morgan fingerprint density at radius 2 is 1.43 bits per heavy atom. The fraction of sp³-hybridized carbons (Fsp3) is 0.483. The maximum absolute atomic E-state index is 13.9. The van der Waals surface area contributed by atoms with Crippen molar-refractivity contribution in [3.63, 3.8) is 0 Å². The van der Waals surface area contributed by atoms with Gasteiger partial charge in [-0.15, -0.1) is 0 Å². The molecule has 1 aliphatic heterocycles. The highest BCUT2D eigenvalue weighted by atomic mass is 16.2. The number of hydrogen-bond acceptors (Lipinski definition) is 3. The van der Waals surface area contributed by atoms with Gasteiger partial charge < -0.3 is 5.32 Å². The minimum Gasteiger partial charge on any atom is -0.324 e. The van der Waals surface area contributed by atoms with Crippen LogP contribution in [0.15, 0.2) is 48.5 Å². The highest BCUT2D eigenvalue weighted by Crippen LogP contribution is 2.42. The van der Waals surface area contributed by atoms with E-state index in [4.69, 9.17) is 0 Å². The number of para-hydroxylation sites is 2. The lowest BCUT2D eigenvalue weighted by Crippen LogP contribution is -2.49. The topological polar surface area (TPSA) is 69.7 Å². The van der Waals surface area contributed by atoms with E-state index in [1.54, 1.807) is 4.90 Å². The fourth-order valence-electron chi connectivity index (χ4n) is 5.58. The van der Waals surface area contributed by atoms with E-state index in [-0.39, 0.29) is 30.2 Å². The Morgan fingerprint density at radius 1 is 0.857 bits per heavy atom. The van der Waals surface area contributed by atoms with Gasteiger partial charge in [0.2, 0.25) is 5.91 Å². The lowest BCUT2D eigenvalue weighted by molar-refractivity contribution is -0.133. The number of carbonyl (C=O) groups excluding carboxylic acids is 3. The molecule has 2 fully saturated rings. The van der Waals surface area contributed by atoms with Crippen LogP contribution in [0.5, 0.6) is 0 Å². The highest BCUT2D eigenvalue weighted by molar-refractivity contribution is 6.18. The monoisotopic (exact) mass is 475 g/mol. The number of nitrogens with one attached hydrogen (secondary N) is 1. The summed E-state index contributed by atoms with van der Waals surface area (Å²) in [5.41, 5.74) is 2.70. The van der Waals surface area contributed by atoms with Gasteiger partial charge in [0, 0.05) is 11.4 Å². The smallest absolute Gasteiger partial charge is 0.324 e.